The maximum atomic E-state index is 12.5. The van der Waals surface area contributed by atoms with Crippen LogP contribution in [0.3, 0.4) is 0 Å². The normalized spacial score (nSPS) is 15.7. The van der Waals surface area contributed by atoms with Gasteiger partial charge >= 0.3 is 0 Å². The largest absolute Gasteiger partial charge is 0.492 e. The number of aromatic nitrogens is 2. The molecule has 1 fully saturated rings. The molecule has 1 aliphatic rings. The highest BCUT2D eigenvalue weighted by Crippen LogP contribution is 2.34. The van der Waals surface area contributed by atoms with E-state index in [1.54, 1.807) is 35.2 Å². The predicted octanol–water partition coefficient (Wildman–Crippen LogP) is 5.82. The Morgan fingerprint density at radius 2 is 1.88 bits per heavy atom. The van der Waals surface area contributed by atoms with Crippen molar-refractivity contribution in [2.45, 2.75) is 25.2 Å². The van der Waals surface area contributed by atoms with E-state index in [0.29, 0.717) is 51.9 Å². The number of hydrogen-bond acceptors (Lipinski definition) is 6. The molecule has 2 heterocycles. The number of nitrogens with one attached hydrogen (secondary N) is 1. The summed E-state index contributed by atoms with van der Waals surface area (Å²) in [7, 11) is 0. The van der Waals surface area contributed by atoms with Gasteiger partial charge in [0.05, 0.1) is 11.6 Å². The average Bonchev–Trinajstić information content (AvgIpc) is 3.39. The van der Waals surface area contributed by atoms with Crippen LogP contribution in [0.2, 0.25) is 15.1 Å². The van der Waals surface area contributed by atoms with E-state index in [0.717, 1.165) is 10.7 Å². The summed E-state index contributed by atoms with van der Waals surface area (Å²) >= 11 is 19.1. The minimum Gasteiger partial charge on any atom is -0.492 e. The lowest BCUT2D eigenvalue weighted by atomic mass is 10.1. The number of ether oxygens (including phenoxy) is 1. The van der Waals surface area contributed by atoms with Gasteiger partial charge in [-0.2, -0.15) is 0 Å². The van der Waals surface area contributed by atoms with Gasteiger partial charge in [-0.15, -0.1) is 10.2 Å². The maximum Gasteiger partial charge on any atom is 0.227 e. The van der Waals surface area contributed by atoms with Crippen LogP contribution in [0.5, 0.6) is 5.75 Å². The molecule has 1 unspecified atom stereocenters. The fourth-order valence-corrected chi connectivity index (χ4v) is 4.82. The Labute approximate surface area is 209 Å². The highest BCUT2D eigenvalue weighted by atomic mass is 35.5. The Morgan fingerprint density at radius 1 is 1.12 bits per heavy atom. The van der Waals surface area contributed by atoms with E-state index < -0.39 is 0 Å². The van der Waals surface area contributed by atoms with Crippen LogP contribution >= 0.6 is 46.1 Å². The van der Waals surface area contributed by atoms with E-state index in [-0.39, 0.29) is 24.2 Å². The molecule has 11 heteroatoms. The van der Waals surface area contributed by atoms with Crippen LogP contribution in [0.15, 0.2) is 42.5 Å². The third kappa shape index (κ3) is 6.14. The van der Waals surface area contributed by atoms with Gasteiger partial charge in [0.2, 0.25) is 16.9 Å². The predicted molar refractivity (Wildman–Crippen MR) is 131 cm³/mol. The van der Waals surface area contributed by atoms with Crippen molar-refractivity contribution in [2.75, 3.05) is 23.4 Å². The van der Waals surface area contributed by atoms with E-state index in [2.05, 4.69) is 15.5 Å². The fraction of sp³-hybridized carbons (Fsp3) is 0.273. The number of carbonyl (C=O) groups excluding carboxylic acids is 2. The molecule has 1 aliphatic heterocycles. The average molecular weight is 526 g/mol. The third-order valence-electron chi connectivity index (χ3n) is 5.00. The second-order valence-corrected chi connectivity index (χ2v) is 9.69. The first-order valence-electron chi connectivity index (χ1n) is 10.2. The molecule has 0 saturated carbocycles. The summed E-state index contributed by atoms with van der Waals surface area (Å²) < 4.78 is 5.59. The molecule has 4 rings (SSSR count). The zero-order valence-corrected chi connectivity index (χ0v) is 20.3. The van der Waals surface area contributed by atoms with Crippen LogP contribution in [-0.4, -0.2) is 35.2 Å². The van der Waals surface area contributed by atoms with Gasteiger partial charge in [-0.1, -0.05) is 46.1 Å². The van der Waals surface area contributed by atoms with Crippen LogP contribution in [0.1, 0.15) is 30.2 Å². The van der Waals surface area contributed by atoms with Crippen molar-refractivity contribution >= 4 is 68.8 Å². The molecular weight excluding hydrogens is 507 g/mol. The zero-order valence-electron chi connectivity index (χ0n) is 17.3. The van der Waals surface area contributed by atoms with Crippen molar-refractivity contribution in [3.8, 4) is 5.75 Å². The molecule has 2 amide bonds. The second kappa shape index (κ2) is 10.7. The molecule has 0 radical (unpaired) electrons. The number of halogens is 3. The SMILES string of the molecule is O=C(CCCOc1ccc(Cl)cc1Cl)Nc1nnc(C2CC(=O)N(c3ccc(Cl)cc3)C2)s1. The highest BCUT2D eigenvalue weighted by molar-refractivity contribution is 7.15. The standard InChI is InChI=1S/C22H19Cl3N4O3S/c23-14-3-6-16(7-4-14)29-12-13(10-20(29)31)21-27-28-22(33-21)26-19(30)2-1-9-32-18-8-5-15(24)11-17(18)25/h3-8,11,13H,1-2,9-10,12H2,(H,26,28,30). The van der Waals surface area contributed by atoms with Crippen molar-refractivity contribution in [1.82, 2.24) is 10.2 Å². The van der Waals surface area contributed by atoms with Gasteiger partial charge in [0.15, 0.2) is 0 Å². The summed E-state index contributed by atoms with van der Waals surface area (Å²) in [4.78, 5) is 26.4. The first-order valence-corrected chi connectivity index (χ1v) is 12.1. The maximum absolute atomic E-state index is 12.5. The monoisotopic (exact) mass is 524 g/mol. The Balaban J connectivity index is 1.25. The van der Waals surface area contributed by atoms with Gasteiger partial charge in [0, 0.05) is 41.0 Å². The first-order chi connectivity index (χ1) is 15.9. The number of nitrogens with zero attached hydrogens (tertiary/aromatic N) is 3. The lowest BCUT2D eigenvalue weighted by molar-refractivity contribution is -0.117. The Kier molecular flexibility index (Phi) is 7.70. The highest BCUT2D eigenvalue weighted by Gasteiger charge is 2.34. The van der Waals surface area contributed by atoms with Crippen LogP contribution in [0, 0.1) is 0 Å². The minimum absolute atomic E-state index is 0.0175. The Morgan fingerprint density at radius 3 is 2.64 bits per heavy atom. The molecule has 0 aliphatic carbocycles. The molecule has 0 bridgehead atoms. The molecule has 1 N–H and O–H groups in total. The molecule has 1 aromatic heterocycles. The summed E-state index contributed by atoms with van der Waals surface area (Å²) in [6.45, 7) is 0.842. The van der Waals surface area contributed by atoms with Gasteiger partial charge in [0.1, 0.15) is 10.8 Å². The van der Waals surface area contributed by atoms with E-state index in [1.165, 1.54) is 11.3 Å². The molecule has 1 atom stereocenters. The lowest BCUT2D eigenvalue weighted by Gasteiger charge is -2.16. The quantitative estimate of drug-likeness (QED) is 0.375. The van der Waals surface area contributed by atoms with Crippen molar-refractivity contribution in [3.05, 3.63) is 62.5 Å². The second-order valence-electron chi connectivity index (χ2n) is 7.40. The summed E-state index contributed by atoms with van der Waals surface area (Å²) in [5.74, 6) is 0.278. The lowest BCUT2D eigenvalue weighted by Crippen LogP contribution is -2.24. The fourth-order valence-electron chi connectivity index (χ4n) is 3.38. The van der Waals surface area contributed by atoms with Gasteiger partial charge in [-0.25, -0.2) is 0 Å². The van der Waals surface area contributed by atoms with Crippen molar-refractivity contribution in [2.24, 2.45) is 0 Å². The summed E-state index contributed by atoms with van der Waals surface area (Å²) in [6, 6.07) is 12.1. The first kappa shape index (κ1) is 23.8. The summed E-state index contributed by atoms with van der Waals surface area (Å²) in [5, 5.41) is 13.7. The molecule has 1 saturated heterocycles. The molecule has 172 valence electrons. The molecule has 0 spiro atoms. The Hall–Kier alpha value is -2.39. The number of carbonyl (C=O) groups is 2. The molecule has 33 heavy (non-hydrogen) atoms. The smallest absolute Gasteiger partial charge is 0.227 e. The molecule has 3 aromatic rings. The van der Waals surface area contributed by atoms with E-state index in [9.17, 15) is 9.59 Å². The number of anilines is 2. The Bertz CT molecular complexity index is 1160. The third-order valence-corrected chi connectivity index (χ3v) is 6.78. The van der Waals surface area contributed by atoms with Crippen LogP contribution in [-0.2, 0) is 9.59 Å². The van der Waals surface area contributed by atoms with E-state index >= 15 is 0 Å². The summed E-state index contributed by atoms with van der Waals surface area (Å²) in [5.41, 5.74) is 0.798. The van der Waals surface area contributed by atoms with Crippen molar-refractivity contribution in [1.29, 1.82) is 0 Å². The van der Waals surface area contributed by atoms with Gasteiger partial charge in [0.25, 0.3) is 0 Å². The molecule has 7 nitrogen and oxygen atoms in total. The number of benzene rings is 2. The van der Waals surface area contributed by atoms with Crippen LogP contribution in [0.4, 0.5) is 10.8 Å². The van der Waals surface area contributed by atoms with Gasteiger partial charge < -0.3 is 15.0 Å². The van der Waals surface area contributed by atoms with Gasteiger partial charge in [-0.05, 0) is 48.9 Å². The zero-order chi connectivity index (χ0) is 23.4. The molecular formula is C22H19Cl3N4O3S. The van der Waals surface area contributed by atoms with Crippen molar-refractivity contribution < 1.29 is 14.3 Å². The van der Waals surface area contributed by atoms with E-state index in [4.69, 9.17) is 39.5 Å². The summed E-state index contributed by atoms with van der Waals surface area (Å²) in [6.07, 6.45) is 1.10. The number of amides is 2. The number of rotatable bonds is 8. The topological polar surface area (TPSA) is 84.4 Å². The van der Waals surface area contributed by atoms with Crippen LogP contribution in [0.25, 0.3) is 0 Å². The number of hydrogen-bond donors (Lipinski definition) is 1. The van der Waals surface area contributed by atoms with Crippen molar-refractivity contribution in [3.63, 3.8) is 0 Å². The minimum atomic E-state index is -0.186. The van der Waals surface area contributed by atoms with Gasteiger partial charge in [-0.3, -0.25) is 9.59 Å². The van der Waals surface area contributed by atoms with Crippen LogP contribution < -0.4 is 15.0 Å². The molecule has 2 aromatic carbocycles. The van der Waals surface area contributed by atoms with E-state index in [1.807, 2.05) is 12.1 Å².